The number of benzene rings is 1. The van der Waals surface area contributed by atoms with Crippen molar-refractivity contribution in [3.63, 3.8) is 0 Å². The summed E-state index contributed by atoms with van der Waals surface area (Å²) >= 11 is 3.51. The van der Waals surface area contributed by atoms with E-state index in [0.717, 1.165) is 30.3 Å². The van der Waals surface area contributed by atoms with Crippen LogP contribution < -0.4 is 5.32 Å². The first-order valence-corrected chi connectivity index (χ1v) is 7.12. The van der Waals surface area contributed by atoms with Crippen LogP contribution in [0.5, 0.6) is 0 Å². The average molecular weight is 306 g/mol. The smallest absolute Gasteiger partial charge is 0.0925 e. The molecule has 94 valence electrons. The molecule has 0 saturated carbocycles. The van der Waals surface area contributed by atoms with E-state index in [-0.39, 0.29) is 0 Å². The first kappa shape index (κ1) is 11.9. The minimum absolute atomic E-state index is 0.388. The second-order valence-electron chi connectivity index (χ2n) is 4.69. The van der Waals surface area contributed by atoms with Crippen LogP contribution >= 0.6 is 15.9 Å². The van der Waals surface area contributed by atoms with Gasteiger partial charge in [0.25, 0.3) is 0 Å². The number of H-pyrrole nitrogens is 1. The number of halogens is 1. The monoisotopic (exact) mass is 305 g/mol. The molecule has 1 atom stereocenters. The van der Waals surface area contributed by atoms with Crippen LogP contribution in [-0.4, -0.2) is 16.5 Å². The van der Waals surface area contributed by atoms with Crippen molar-refractivity contribution in [1.29, 1.82) is 0 Å². The molecule has 0 saturated heterocycles. The fraction of sp³-hybridized carbons (Fsp3) is 0.357. The van der Waals surface area contributed by atoms with Crippen molar-refractivity contribution in [2.24, 2.45) is 0 Å². The van der Waals surface area contributed by atoms with Gasteiger partial charge in [0.15, 0.2) is 0 Å². The molecule has 18 heavy (non-hydrogen) atoms. The van der Waals surface area contributed by atoms with Crippen molar-refractivity contribution in [2.75, 3.05) is 6.54 Å². The topological polar surface area (TPSA) is 40.7 Å². The normalized spacial score (nSPS) is 18.6. The van der Waals surface area contributed by atoms with Crippen LogP contribution in [0.4, 0.5) is 0 Å². The average Bonchev–Trinajstić information content (AvgIpc) is 2.85. The number of nitrogens with zero attached hydrogens (tertiary/aromatic N) is 1. The Morgan fingerprint density at radius 3 is 3.22 bits per heavy atom. The summed E-state index contributed by atoms with van der Waals surface area (Å²) in [5, 5.41) is 3.55. The fourth-order valence-electron chi connectivity index (χ4n) is 2.54. The number of fused-ring (bicyclic) bond motifs is 1. The lowest BCUT2D eigenvalue weighted by molar-refractivity contribution is 0.464. The van der Waals surface area contributed by atoms with Crippen molar-refractivity contribution in [2.45, 2.75) is 25.3 Å². The first-order chi connectivity index (χ1) is 8.83. The molecule has 0 spiro atoms. The minimum Gasteiger partial charge on any atom is -0.348 e. The van der Waals surface area contributed by atoms with E-state index < -0.39 is 0 Å². The molecule has 1 aliphatic heterocycles. The zero-order chi connectivity index (χ0) is 12.4. The molecule has 2 heterocycles. The van der Waals surface area contributed by atoms with Gasteiger partial charge in [0, 0.05) is 23.1 Å². The Morgan fingerprint density at radius 2 is 2.33 bits per heavy atom. The predicted molar refractivity (Wildman–Crippen MR) is 75.5 cm³/mol. The third-order valence-electron chi connectivity index (χ3n) is 3.46. The molecule has 3 rings (SSSR count). The molecular formula is C14H16BrN3. The molecule has 0 bridgehead atoms. The number of imidazole rings is 1. The summed E-state index contributed by atoms with van der Waals surface area (Å²) < 4.78 is 1.15. The van der Waals surface area contributed by atoms with E-state index in [0.29, 0.717) is 6.04 Å². The number of aryl methyl sites for hydroxylation is 1. The van der Waals surface area contributed by atoms with Gasteiger partial charge in [-0.1, -0.05) is 28.1 Å². The van der Waals surface area contributed by atoms with Gasteiger partial charge in [-0.25, -0.2) is 4.98 Å². The van der Waals surface area contributed by atoms with Crippen molar-refractivity contribution in [1.82, 2.24) is 15.3 Å². The molecular weight excluding hydrogens is 290 g/mol. The Kier molecular flexibility index (Phi) is 3.48. The third-order valence-corrected chi connectivity index (χ3v) is 3.95. The largest absolute Gasteiger partial charge is 0.348 e. The number of hydrogen-bond donors (Lipinski definition) is 2. The molecule has 1 aliphatic rings. The second-order valence-corrected chi connectivity index (χ2v) is 5.61. The van der Waals surface area contributed by atoms with Crippen LogP contribution in [0.1, 0.15) is 29.4 Å². The van der Waals surface area contributed by atoms with E-state index in [1.807, 2.05) is 6.33 Å². The lowest BCUT2D eigenvalue weighted by atomic mass is 9.98. The number of aromatic nitrogens is 2. The molecule has 0 aliphatic carbocycles. The fourth-order valence-corrected chi connectivity index (χ4v) is 2.99. The van der Waals surface area contributed by atoms with Gasteiger partial charge in [-0.15, -0.1) is 0 Å². The molecule has 0 radical (unpaired) electrons. The van der Waals surface area contributed by atoms with Gasteiger partial charge in [-0.05, 0) is 30.5 Å². The quantitative estimate of drug-likeness (QED) is 0.915. The molecule has 0 fully saturated rings. The number of rotatable bonds is 3. The molecule has 1 aromatic heterocycles. The lowest BCUT2D eigenvalue weighted by Gasteiger charge is -2.22. The van der Waals surface area contributed by atoms with Crippen molar-refractivity contribution in [3.05, 3.63) is 52.0 Å². The summed E-state index contributed by atoms with van der Waals surface area (Å²) in [5.74, 6) is 0. The Hall–Kier alpha value is -1.13. The minimum atomic E-state index is 0.388. The van der Waals surface area contributed by atoms with Crippen LogP contribution in [0.3, 0.4) is 0 Å². The number of nitrogens with one attached hydrogen (secondary N) is 2. The first-order valence-electron chi connectivity index (χ1n) is 6.33. The lowest BCUT2D eigenvalue weighted by Crippen LogP contribution is -2.30. The van der Waals surface area contributed by atoms with Crippen LogP contribution in [0.2, 0.25) is 0 Å². The summed E-state index contributed by atoms with van der Waals surface area (Å²) in [6.45, 7) is 1.04. The molecule has 4 heteroatoms. The highest BCUT2D eigenvalue weighted by Gasteiger charge is 2.21. The second kappa shape index (κ2) is 5.24. The van der Waals surface area contributed by atoms with E-state index in [4.69, 9.17) is 0 Å². The van der Waals surface area contributed by atoms with Gasteiger partial charge in [-0.3, -0.25) is 0 Å². The summed E-state index contributed by atoms with van der Waals surface area (Å²) in [6.07, 6.45) is 5.03. The van der Waals surface area contributed by atoms with E-state index >= 15 is 0 Å². The third kappa shape index (κ3) is 2.49. The Labute approximate surface area is 115 Å². The van der Waals surface area contributed by atoms with Gasteiger partial charge >= 0.3 is 0 Å². The maximum absolute atomic E-state index is 4.44. The summed E-state index contributed by atoms with van der Waals surface area (Å²) in [7, 11) is 0. The van der Waals surface area contributed by atoms with Gasteiger partial charge < -0.3 is 10.3 Å². The van der Waals surface area contributed by atoms with Crippen LogP contribution in [0.25, 0.3) is 0 Å². The standard InChI is InChI=1S/C14H16BrN3/c15-11-3-1-2-10(8-11)4-5-12-14-13(6-7-16-12)17-9-18-14/h1-3,8-9,12,16H,4-7H2,(H,17,18). The summed E-state index contributed by atoms with van der Waals surface area (Å²) in [4.78, 5) is 7.68. The zero-order valence-electron chi connectivity index (χ0n) is 10.1. The van der Waals surface area contributed by atoms with Gasteiger partial charge in [0.1, 0.15) is 0 Å². The van der Waals surface area contributed by atoms with E-state index in [9.17, 15) is 0 Å². The van der Waals surface area contributed by atoms with E-state index in [1.54, 1.807) is 0 Å². The summed E-state index contributed by atoms with van der Waals surface area (Å²) in [5.41, 5.74) is 3.87. The van der Waals surface area contributed by atoms with Crippen molar-refractivity contribution in [3.8, 4) is 0 Å². The molecule has 1 unspecified atom stereocenters. The van der Waals surface area contributed by atoms with Gasteiger partial charge in [0.05, 0.1) is 18.1 Å². The Morgan fingerprint density at radius 1 is 1.39 bits per heavy atom. The molecule has 1 aromatic carbocycles. The Bertz CT molecular complexity index is 535. The molecule has 2 N–H and O–H groups in total. The Balaban J connectivity index is 1.68. The number of hydrogen-bond acceptors (Lipinski definition) is 2. The summed E-state index contributed by atoms with van der Waals surface area (Å²) in [6, 6.07) is 8.91. The van der Waals surface area contributed by atoms with E-state index in [2.05, 4.69) is 55.5 Å². The maximum atomic E-state index is 4.44. The van der Waals surface area contributed by atoms with E-state index in [1.165, 1.54) is 17.0 Å². The van der Waals surface area contributed by atoms with Gasteiger partial charge in [-0.2, -0.15) is 0 Å². The van der Waals surface area contributed by atoms with Crippen LogP contribution in [0.15, 0.2) is 35.1 Å². The van der Waals surface area contributed by atoms with Gasteiger partial charge in [0.2, 0.25) is 0 Å². The van der Waals surface area contributed by atoms with Crippen LogP contribution in [0, 0.1) is 0 Å². The molecule has 2 aromatic rings. The highest BCUT2D eigenvalue weighted by atomic mass is 79.9. The SMILES string of the molecule is Brc1cccc(CCC2NCCc3[nH]cnc32)c1. The maximum Gasteiger partial charge on any atom is 0.0925 e. The zero-order valence-corrected chi connectivity index (χ0v) is 11.7. The molecule has 0 amide bonds. The highest BCUT2D eigenvalue weighted by Crippen LogP contribution is 2.24. The number of aromatic amines is 1. The van der Waals surface area contributed by atoms with Crippen molar-refractivity contribution >= 4 is 15.9 Å². The highest BCUT2D eigenvalue weighted by molar-refractivity contribution is 9.10. The predicted octanol–water partition coefficient (Wildman–Crippen LogP) is 2.99. The molecule has 3 nitrogen and oxygen atoms in total. The van der Waals surface area contributed by atoms with Crippen LogP contribution in [-0.2, 0) is 12.8 Å². The van der Waals surface area contributed by atoms with Crippen molar-refractivity contribution < 1.29 is 0 Å².